The molecule has 0 fully saturated rings. The summed E-state index contributed by atoms with van der Waals surface area (Å²) < 4.78 is 0. The van der Waals surface area contributed by atoms with Gasteiger partial charge in [0.25, 0.3) is 0 Å². The van der Waals surface area contributed by atoms with Crippen LogP contribution in [-0.4, -0.2) is 25.2 Å². The zero-order chi connectivity index (χ0) is 20.4. The van der Waals surface area contributed by atoms with Gasteiger partial charge in [-0.25, -0.2) is 0 Å². The van der Waals surface area contributed by atoms with Crippen LogP contribution in [0.4, 0.5) is 0 Å². The van der Waals surface area contributed by atoms with Gasteiger partial charge in [0.05, 0.1) is 0 Å². The van der Waals surface area contributed by atoms with Crippen LogP contribution in [0, 0.1) is 6.92 Å². The molecule has 0 aliphatic rings. The molecule has 0 aliphatic heterocycles. The van der Waals surface area contributed by atoms with Gasteiger partial charge in [-0.1, -0.05) is 31.2 Å². The standard InChI is InChI=1S/C23H23N3O2S/c1-3-4-5-16-12-15(2)13-22(23(16)28)26-24-20-11-10-19(14-21(20)25-26)29-18-8-6-17(27)7-9-18/h6-14,27-28H,3-5H2,1-2H3. The predicted octanol–water partition coefficient (Wildman–Crippen LogP) is 5.63. The van der Waals surface area contributed by atoms with Gasteiger partial charge in [0, 0.05) is 9.79 Å². The Morgan fingerprint density at radius 1 is 0.897 bits per heavy atom. The Hall–Kier alpha value is -2.99. The Morgan fingerprint density at radius 3 is 2.38 bits per heavy atom. The van der Waals surface area contributed by atoms with E-state index in [4.69, 9.17) is 0 Å². The largest absolute Gasteiger partial charge is 0.508 e. The molecule has 0 aliphatic carbocycles. The van der Waals surface area contributed by atoms with Crippen molar-refractivity contribution in [2.75, 3.05) is 0 Å². The molecule has 6 heteroatoms. The fraction of sp³-hybridized carbons (Fsp3) is 0.217. The minimum Gasteiger partial charge on any atom is -0.508 e. The second-order valence-electron chi connectivity index (χ2n) is 7.13. The molecule has 4 aromatic rings. The summed E-state index contributed by atoms with van der Waals surface area (Å²) in [5.74, 6) is 0.507. The molecule has 0 spiro atoms. The molecule has 0 amide bonds. The highest BCUT2D eigenvalue weighted by molar-refractivity contribution is 7.99. The highest BCUT2D eigenvalue weighted by atomic mass is 32.2. The Kier molecular flexibility index (Phi) is 5.45. The number of hydrogen-bond donors (Lipinski definition) is 2. The molecule has 0 bridgehead atoms. The molecule has 3 aromatic carbocycles. The maximum absolute atomic E-state index is 10.8. The van der Waals surface area contributed by atoms with Crippen molar-refractivity contribution in [1.29, 1.82) is 0 Å². The quantitative estimate of drug-likeness (QED) is 0.435. The van der Waals surface area contributed by atoms with Gasteiger partial charge in [0.2, 0.25) is 0 Å². The predicted molar refractivity (Wildman–Crippen MR) is 116 cm³/mol. The normalized spacial score (nSPS) is 11.2. The first-order chi connectivity index (χ1) is 14.0. The van der Waals surface area contributed by atoms with E-state index in [0.717, 1.165) is 51.2 Å². The maximum Gasteiger partial charge on any atom is 0.146 e. The SMILES string of the molecule is CCCCc1cc(C)cc(-n2nc3ccc(Sc4ccc(O)cc4)cc3n2)c1O. The van der Waals surface area contributed by atoms with Crippen LogP contribution in [0.2, 0.25) is 0 Å². The number of hydrogen-bond acceptors (Lipinski definition) is 5. The molecule has 1 heterocycles. The van der Waals surface area contributed by atoms with Gasteiger partial charge in [0.15, 0.2) is 0 Å². The lowest BCUT2D eigenvalue weighted by molar-refractivity contribution is 0.459. The third kappa shape index (κ3) is 4.22. The Morgan fingerprint density at radius 2 is 1.62 bits per heavy atom. The molecule has 4 rings (SSSR count). The highest BCUT2D eigenvalue weighted by Crippen LogP contribution is 2.32. The van der Waals surface area contributed by atoms with Crippen molar-refractivity contribution in [3.8, 4) is 17.2 Å². The first kappa shape index (κ1) is 19.3. The maximum atomic E-state index is 10.8. The average Bonchev–Trinajstić information content (AvgIpc) is 3.13. The van der Waals surface area contributed by atoms with Gasteiger partial charge in [0.1, 0.15) is 28.2 Å². The zero-order valence-corrected chi connectivity index (χ0v) is 17.3. The van der Waals surface area contributed by atoms with Gasteiger partial charge >= 0.3 is 0 Å². The molecule has 0 saturated heterocycles. The van der Waals surface area contributed by atoms with Gasteiger partial charge in [-0.2, -0.15) is 0 Å². The minimum atomic E-state index is 0.253. The van der Waals surface area contributed by atoms with Crippen LogP contribution in [0.25, 0.3) is 16.7 Å². The summed E-state index contributed by atoms with van der Waals surface area (Å²) in [6, 6.07) is 17.0. The summed E-state index contributed by atoms with van der Waals surface area (Å²) in [6.07, 6.45) is 2.95. The van der Waals surface area contributed by atoms with Crippen molar-refractivity contribution < 1.29 is 10.2 Å². The number of nitrogens with zero attached hydrogens (tertiary/aromatic N) is 3. The number of rotatable bonds is 6. The fourth-order valence-electron chi connectivity index (χ4n) is 3.26. The molecular formula is C23H23N3O2S. The first-order valence-electron chi connectivity index (χ1n) is 9.70. The lowest BCUT2D eigenvalue weighted by atomic mass is 10.0. The van der Waals surface area contributed by atoms with E-state index in [1.807, 2.05) is 49.4 Å². The van der Waals surface area contributed by atoms with Crippen molar-refractivity contribution in [2.24, 2.45) is 0 Å². The van der Waals surface area contributed by atoms with Crippen LogP contribution in [0.3, 0.4) is 0 Å². The van der Waals surface area contributed by atoms with Crippen LogP contribution >= 0.6 is 11.8 Å². The number of fused-ring (bicyclic) bond motifs is 1. The van der Waals surface area contributed by atoms with Crippen LogP contribution in [-0.2, 0) is 6.42 Å². The molecule has 0 unspecified atom stereocenters. The number of aromatic hydroxyl groups is 2. The topological polar surface area (TPSA) is 71.2 Å². The van der Waals surface area contributed by atoms with Crippen molar-refractivity contribution in [3.05, 3.63) is 65.7 Å². The molecule has 5 nitrogen and oxygen atoms in total. The van der Waals surface area contributed by atoms with E-state index < -0.39 is 0 Å². The third-order valence-corrected chi connectivity index (χ3v) is 5.75. The Labute approximate surface area is 174 Å². The smallest absolute Gasteiger partial charge is 0.146 e. The molecule has 0 saturated carbocycles. The van der Waals surface area contributed by atoms with E-state index >= 15 is 0 Å². The second kappa shape index (κ2) is 8.17. The van der Waals surface area contributed by atoms with E-state index in [9.17, 15) is 10.2 Å². The molecule has 0 atom stereocenters. The van der Waals surface area contributed by atoms with Crippen LogP contribution in [0.5, 0.6) is 11.5 Å². The summed E-state index contributed by atoms with van der Waals surface area (Å²) in [5, 5.41) is 29.4. The Balaban J connectivity index is 1.67. The van der Waals surface area contributed by atoms with E-state index in [0.29, 0.717) is 5.69 Å². The number of unbranched alkanes of at least 4 members (excludes halogenated alkanes) is 1. The summed E-state index contributed by atoms with van der Waals surface area (Å²) in [6.45, 7) is 4.16. The van der Waals surface area contributed by atoms with Crippen molar-refractivity contribution in [3.63, 3.8) is 0 Å². The summed E-state index contributed by atoms with van der Waals surface area (Å²) in [7, 11) is 0. The molecule has 2 N–H and O–H groups in total. The summed E-state index contributed by atoms with van der Waals surface area (Å²) >= 11 is 1.60. The highest BCUT2D eigenvalue weighted by Gasteiger charge is 2.14. The van der Waals surface area contributed by atoms with Crippen LogP contribution in [0.1, 0.15) is 30.9 Å². The fourth-order valence-corrected chi connectivity index (χ4v) is 4.11. The van der Waals surface area contributed by atoms with E-state index in [1.54, 1.807) is 23.9 Å². The molecular weight excluding hydrogens is 382 g/mol. The van der Waals surface area contributed by atoms with Gasteiger partial charge in [-0.15, -0.1) is 15.0 Å². The summed E-state index contributed by atoms with van der Waals surface area (Å²) in [5.41, 5.74) is 4.17. The lowest BCUT2D eigenvalue weighted by Crippen LogP contribution is -2.02. The third-order valence-electron chi connectivity index (χ3n) is 4.75. The van der Waals surface area contributed by atoms with Crippen molar-refractivity contribution in [1.82, 2.24) is 15.0 Å². The average molecular weight is 406 g/mol. The number of aryl methyl sites for hydroxylation is 2. The van der Waals surface area contributed by atoms with Gasteiger partial charge in [-0.05, 0) is 79.4 Å². The zero-order valence-electron chi connectivity index (χ0n) is 16.5. The minimum absolute atomic E-state index is 0.253. The monoisotopic (exact) mass is 405 g/mol. The molecule has 148 valence electrons. The van der Waals surface area contributed by atoms with Gasteiger partial charge < -0.3 is 10.2 Å². The lowest BCUT2D eigenvalue weighted by Gasteiger charge is -2.10. The molecule has 0 radical (unpaired) electrons. The number of phenols is 2. The van der Waals surface area contributed by atoms with Crippen molar-refractivity contribution in [2.45, 2.75) is 42.9 Å². The number of aromatic nitrogens is 3. The van der Waals surface area contributed by atoms with E-state index in [1.165, 1.54) is 4.80 Å². The van der Waals surface area contributed by atoms with Crippen molar-refractivity contribution >= 4 is 22.8 Å². The number of benzene rings is 3. The molecule has 1 aromatic heterocycles. The van der Waals surface area contributed by atoms with Crippen LogP contribution in [0.15, 0.2) is 64.4 Å². The van der Waals surface area contributed by atoms with Gasteiger partial charge in [-0.3, -0.25) is 0 Å². The number of phenolic OH excluding ortho intramolecular Hbond substituents is 2. The Bertz CT molecular complexity index is 1150. The first-order valence-corrected chi connectivity index (χ1v) is 10.5. The summed E-state index contributed by atoms with van der Waals surface area (Å²) in [4.78, 5) is 3.59. The second-order valence-corrected chi connectivity index (χ2v) is 8.28. The molecule has 29 heavy (non-hydrogen) atoms. The van der Waals surface area contributed by atoms with Crippen LogP contribution < -0.4 is 0 Å². The van der Waals surface area contributed by atoms with E-state index in [-0.39, 0.29) is 11.5 Å². The van der Waals surface area contributed by atoms with E-state index in [2.05, 4.69) is 17.1 Å².